The maximum Gasteiger partial charge on any atom is 0.193 e. The van der Waals surface area contributed by atoms with Gasteiger partial charge in [0.25, 0.3) is 0 Å². The summed E-state index contributed by atoms with van der Waals surface area (Å²) < 4.78 is 0. The molecular weight excluding hydrogens is 284 g/mol. The monoisotopic (exact) mass is 302 g/mol. The SMILES string of the molecule is Cc1cc(C(=O)c2ccc(-c3cccc(N)c3)cc2)ccc1N. The third kappa shape index (κ3) is 3.09. The van der Waals surface area contributed by atoms with Crippen LogP contribution in [0, 0.1) is 6.92 Å². The van der Waals surface area contributed by atoms with E-state index in [2.05, 4.69) is 0 Å². The van der Waals surface area contributed by atoms with Gasteiger partial charge in [0.15, 0.2) is 5.78 Å². The summed E-state index contributed by atoms with van der Waals surface area (Å²) in [6.07, 6.45) is 0. The molecule has 0 atom stereocenters. The van der Waals surface area contributed by atoms with Crippen molar-refractivity contribution in [3.63, 3.8) is 0 Å². The number of carbonyl (C=O) groups excluding carboxylic acids is 1. The van der Waals surface area contributed by atoms with Crippen molar-refractivity contribution >= 4 is 17.2 Å². The van der Waals surface area contributed by atoms with Crippen molar-refractivity contribution in [2.45, 2.75) is 6.92 Å². The first kappa shape index (κ1) is 14.9. The number of aryl methyl sites for hydroxylation is 1. The average molecular weight is 302 g/mol. The number of anilines is 2. The van der Waals surface area contributed by atoms with E-state index in [1.165, 1.54) is 0 Å². The van der Waals surface area contributed by atoms with Crippen LogP contribution in [0.1, 0.15) is 21.5 Å². The molecule has 114 valence electrons. The fourth-order valence-corrected chi connectivity index (χ4v) is 2.52. The number of nitrogen functional groups attached to an aromatic ring is 2. The first-order valence-corrected chi connectivity index (χ1v) is 7.41. The van der Waals surface area contributed by atoms with E-state index in [1.807, 2.05) is 61.5 Å². The lowest BCUT2D eigenvalue weighted by atomic mass is 9.98. The van der Waals surface area contributed by atoms with Crippen molar-refractivity contribution < 1.29 is 4.79 Å². The fourth-order valence-electron chi connectivity index (χ4n) is 2.52. The van der Waals surface area contributed by atoms with Gasteiger partial charge in [-0.3, -0.25) is 4.79 Å². The van der Waals surface area contributed by atoms with E-state index < -0.39 is 0 Å². The van der Waals surface area contributed by atoms with Crippen molar-refractivity contribution in [2.24, 2.45) is 0 Å². The van der Waals surface area contributed by atoms with Gasteiger partial charge in [-0.25, -0.2) is 0 Å². The Balaban J connectivity index is 1.89. The highest BCUT2D eigenvalue weighted by Crippen LogP contribution is 2.23. The van der Waals surface area contributed by atoms with Crippen LogP contribution in [0.5, 0.6) is 0 Å². The van der Waals surface area contributed by atoms with E-state index >= 15 is 0 Å². The third-order valence-corrected chi connectivity index (χ3v) is 3.90. The maximum atomic E-state index is 12.6. The Morgan fingerprint density at radius 3 is 2.13 bits per heavy atom. The predicted molar refractivity (Wildman–Crippen MR) is 95.3 cm³/mol. The van der Waals surface area contributed by atoms with Crippen LogP contribution in [0.15, 0.2) is 66.7 Å². The van der Waals surface area contributed by atoms with Gasteiger partial charge in [-0.2, -0.15) is 0 Å². The van der Waals surface area contributed by atoms with Crippen LogP contribution in [0.25, 0.3) is 11.1 Å². The predicted octanol–water partition coefficient (Wildman–Crippen LogP) is 4.06. The standard InChI is InChI=1S/C20H18N2O/c1-13-11-17(9-10-19(13)22)20(23)15-7-5-14(6-8-15)16-3-2-4-18(21)12-16/h2-12H,21-22H2,1H3. The van der Waals surface area contributed by atoms with Crippen molar-refractivity contribution in [1.82, 2.24) is 0 Å². The molecule has 3 nitrogen and oxygen atoms in total. The molecule has 0 amide bonds. The second-order valence-electron chi connectivity index (χ2n) is 5.60. The van der Waals surface area contributed by atoms with Crippen LogP contribution in [0.3, 0.4) is 0 Å². The van der Waals surface area contributed by atoms with Crippen molar-refractivity contribution in [1.29, 1.82) is 0 Å². The van der Waals surface area contributed by atoms with Gasteiger partial charge >= 0.3 is 0 Å². The van der Waals surface area contributed by atoms with Gasteiger partial charge < -0.3 is 11.5 Å². The molecule has 0 aromatic heterocycles. The molecule has 0 bridgehead atoms. The highest BCUT2D eigenvalue weighted by Gasteiger charge is 2.10. The summed E-state index contributed by atoms with van der Waals surface area (Å²) in [5.74, 6) is -0.00720. The Morgan fingerprint density at radius 2 is 1.48 bits per heavy atom. The molecule has 0 saturated carbocycles. The van der Waals surface area contributed by atoms with Crippen LogP contribution in [-0.2, 0) is 0 Å². The lowest BCUT2D eigenvalue weighted by Crippen LogP contribution is -2.02. The minimum Gasteiger partial charge on any atom is -0.399 e. The molecule has 0 aliphatic rings. The number of hydrogen-bond donors (Lipinski definition) is 2. The molecule has 0 spiro atoms. The lowest BCUT2D eigenvalue weighted by Gasteiger charge is -2.07. The molecule has 0 radical (unpaired) electrons. The Hall–Kier alpha value is -3.07. The third-order valence-electron chi connectivity index (χ3n) is 3.90. The van der Waals surface area contributed by atoms with Gasteiger partial charge in [-0.15, -0.1) is 0 Å². The van der Waals surface area contributed by atoms with Crippen LogP contribution >= 0.6 is 0 Å². The molecule has 0 aliphatic carbocycles. The van der Waals surface area contributed by atoms with Crippen LogP contribution in [0.2, 0.25) is 0 Å². The molecule has 4 N–H and O–H groups in total. The van der Waals surface area contributed by atoms with Gasteiger partial charge in [0.1, 0.15) is 0 Å². The number of nitrogens with two attached hydrogens (primary N) is 2. The number of hydrogen-bond acceptors (Lipinski definition) is 3. The van der Waals surface area contributed by atoms with E-state index in [4.69, 9.17) is 11.5 Å². The molecule has 0 unspecified atom stereocenters. The molecule has 3 aromatic carbocycles. The Labute approximate surface area is 135 Å². The second kappa shape index (κ2) is 5.97. The first-order chi connectivity index (χ1) is 11.0. The molecule has 3 rings (SSSR count). The van der Waals surface area contributed by atoms with E-state index in [0.29, 0.717) is 16.8 Å². The van der Waals surface area contributed by atoms with Crippen LogP contribution in [0.4, 0.5) is 11.4 Å². The summed E-state index contributed by atoms with van der Waals surface area (Å²) >= 11 is 0. The highest BCUT2D eigenvalue weighted by molar-refractivity contribution is 6.09. The van der Waals surface area contributed by atoms with E-state index in [-0.39, 0.29) is 5.78 Å². The number of rotatable bonds is 3. The zero-order valence-corrected chi connectivity index (χ0v) is 12.9. The highest BCUT2D eigenvalue weighted by atomic mass is 16.1. The molecule has 0 heterocycles. The maximum absolute atomic E-state index is 12.6. The Morgan fingerprint density at radius 1 is 0.783 bits per heavy atom. The minimum atomic E-state index is -0.00720. The molecule has 3 aromatic rings. The van der Waals surface area contributed by atoms with E-state index in [0.717, 1.165) is 22.4 Å². The van der Waals surface area contributed by atoms with Gasteiger partial charge in [-0.1, -0.05) is 36.4 Å². The summed E-state index contributed by atoms with van der Waals surface area (Å²) in [6, 6.07) is 20.6. The number of carbonyl (C=O) groups is 1. The van der Waals surface area contributed by atoms with E-state index in [9.17, 15) is 4.79 Å². The molecule has 3 heteroatoms. The average Bonchev–Trinajstić information content (AvgIpc) is 2.57. The summed E-state index contributed by atoms with van der Waals surface area (Å²) in [7, 11) is 0. The summed E-state index contributed by atoms with van der Waals surface area (Å²) in [4.78, 5) is 12.6. The van der Waals surface area contributed by atoms with Crippen LogP contribution in [-0.4, -0.2) is 5.78 Å². The smallest absolute Gasteiger partial charge is 0.193 e. The topological polar surface area (TPSA) is 69.1 Å². The largest absolute Gasteiger partial charge is 0.399 e. The van der Waals surface area contributed by atoms with Crippen molar-refractivity contribution in [3.05, 3.63) is 83.4 Å². The Kier molecular flexibility index (Phi) is 3.85. The zero-order chi connectivity index (χ0) is 16.4. The first-order valence-electron chi connectivity index (χ1n) is 7.41. The molecule has 0 saturated heterocycles. The van der Waals surface area contributed by atoms with E-state index in [1.54, 1.807) is 12.1 Å². The normalized spacial score (nSPS) is 10.5. The lowest BCUT2D eigenvalue weighted by molar-refractivity contribution is 0.103. The summed E-state index contributed by atoms with van der Waals surface area (Å²) in [5, 5.41) is 0. The zero-order valence-electron chi connectivity index (χ0n) is 12.9. The number of benzene rings is 3. The molecular formula is C20H18N2O. The van der Waals surface area contributed by atoms with Crippen molar-refractivity contribution in [3.8, 4) is 11.1 Å². The summed E-state index contributed by atoms with van der Waals surface area (Å²) in [6.45, 7) is 1.90. The Bertz CT molecular complexity index is 867. The van der Waals surface area contributed by atoms with Crippen molar-refractivity contribution in [2.75, 3.05) is 11.5 Å². The molecule has 0 aliphatic heterocycles. The summed E-state index contributed by atoms with van der Waals surface area (Å²) in [5.41, 5.74) is 17.3. The van der Waals surface area contributed by atoms with Gasteiger partial charge in [0.05, 0.1) is 0 Å². The minimum absolute atomic E-state index is 0.00720. The van der Waals surface area contributed by atoms with Crippen LogP contribution < -0.4 is 11.5 Å². The molecule has 23 heavy (non-hydrogen) atoms. The quantitative estimate of drug-likeness (QED) is 0.566. The second-order valence-corrected chi connectivity index (χ2v) is 5.60. The van der Waals surface area contributed by atoms with Gasteiger partial charge in [-0.05, 0) is 53.9 Å². The molecule has 0 fully saturated rings. The fraction of sp³-hybridized carbons (Fsp3) is 0.0500. The van der Waals surface area contributed by atoms with Gasteiger partial charge in [0.2, 0.25) is 0 Å². The van der Waals surface area contributed by atoms with Gasteiger partial charge in [0, 0.05) is 22.5 Å². The number of ketones is 1.